The number of hydrogen-bond donors (Lipinski definition) is 1. The zero-order chi connectivity index (χ0) is 19.4. The van der Waals surface area contributed by atoms with Crippen LogP contribution in [0.2, 0.25) is 5.02 Å². The van der Waals surface area contributed by atoms with Gasteiger partial charge in [-0.15, -0.1) is 0 Å². The van der Waals surface area contributed by atoms with E-state index in [9.17, 15) is 14.4 Å². The third-order valence-corrected chi connectivity index (χ3v) is 3.81. The molecule has 138 valence electrons. The van der Waals surface area contributed by atoms with E-state index in [-0.39, 0.29) is 16.7 Å². The Labute approximate surface area is 158 Å². The fourth-order valence-electron chi connectivity index (χ4n) is 2.33. The van der Waals surface area contributed by atoms with Crippen molar-refractivity contribution < 1.29 is 23.5 Å². The quantitative estimate of drug-likeness (QED) is 0.675. The van der Waals surface area contributed by atoms with Crippen LogP contribution in [0.5, 0.6) is 5.75 Å². The number of carbonyl (C=O) groups is 2. The number of amides is 1. The number of ether oxygens (including phenoxy) is 2. The Morgan fingerprint density at radius 1 is 1.15 bits per heavy atom. The molecule has 0 saturated carbocycles. The van der Waals surface area contributed by atoms with E-state index in [0.29, 0.717) is 16.5 Å². The lowest BCUT2D eigenvalue weighted by atomic mass is 10.2. The fourth-order valence-corrected chi connectivity index (χ4v) is 2.50. The predicted octanol–water partition coefficient (Wildman–Crippen LogP) is 3.25. The summed E-state index contributed by atoms with van der Waals surface area (Å²) in [6, 6.07) is 12.2. The van der Waals surface area contributed by atoms with E-state index in [1.807, 2.05) is 0 Å². The molecule has 0 saturated heterocycles. The first-order valence-electron chi connectivity index (χ1n) is 7.81. The Morgan fingerprint density at radius 3 is 2.74 bits per heavy atom. The third-order valence-electron chi connectivity index (χ3n) is 3.58. The van der Waals surface area contributed by atoms with E-state index in [1.165, 1.54) is 25.3 Å². The molecule has 27 heavy (non-hydrogen) atoms. The van der Waals surface area contributed by atoms with Gasteiger partial charge in [-0.3, -0.25) is 9.59 Å². The van der Waals surface area contributed by atoms with Crippen LogP contribution in [-0.4, -0.2) is 25.6 Å². The summed E-state index contributed by atoms with van der Waals surface area (Å²) < 4.78 is 15.3. The third kappa shape index (κ3) is 4.45. The lowest BCUT2D eigenvalue weighted by Crippen LogP contribution is -2.21. The molecule has 1 amide bonds. The predicted molar refractivity (Wildman–Crippen MR) is 99.4 cm³/mol. The van der Waals surface area contributed by atoms with Crippen LogP contribution in [0.3, 0.4) is 0 Å². The molecule has 0 radical (unpaired) electrons. The highest BCUT2D eigenvalue weighted by atomic mass is 35.5. The topological polar surface area (TPSA) is 94.8 Å². The molecule has 3 aromatic rings. The highest BCUT2D eigenvalue weighted by Gasteiger charge is 2.16. The Kier molecular flexibility index (Phi) is 5.42. The van der Waals surface area contributed by atoms with Gasteiger partial charge in [0.1, 0.15) is 11.3 Å². The minimum atomic E-state index is -0.926. The molecular formula is C19H14ClNO6. The molecule has 8 heteroatoms. The molecule has 3 rings (SSSR count). The van der Waals surface area contributed by atoms with Crippen LogP contribution in [0.1, 0.15) is 10.6 Å². The van der Waals surface area contributed by atoms with Crippen LogP contribution in [0.4, 0.5) is 5.69 Å². The van der Waals surface area contributed by atoms with E-state index < -0.39 is 23.9 Å². The van der Waals surface area contributed by atoms with Gasteiger partial charge in [-0.2, -0.15) is 0 Å². The van der Waals surface area contributed by atoms with Crippen molar-refractivity contribution in [3.63, 3.8) is 0 Å². The summed E-state index contributed by atoms with van der Waals surface area (Å²) in [6.45, 7) is -0.543. The number of nitrogens with one attached hydrogen (secondary N) is 1. The Morgan fingerprint density at radius 2 is 1.96 bits per heavy atom. The summed E-state index contributed by atoms with van der Waals surface area (Å²) in [7, 11) is 1.51. The van der Waals surface area contributed by atoms with Crippen LogP contribution in [-0.2, 0) is 9.53 Å². The molecule has 0 bridgehead atoms. The lowest BCUT2D eigenvalue weighted by molar-refractivity contribution is -0.119. The molecule has 1 heterocycles. The van der Waals surface area contributed by atoms with Crippen LogP contribution in [0.15, 0.2) is 57.7 Å². The summed E-state index contributed by atoms with van der Waals surface area (Å²) >= 11 is 5.84. The number of esters is 1. The zero-order valence-corrected chi connectivity index (χ0v) is 14.9. The molecule has 7 nitrogen and oxygen atoms in total. The van der Waals surface area contributed by atoms with Gasteiger partial charge in [0.15, 0.2) is 12.0 Å². The number of methoxy groups -OCH3 is 1. The molecule has 1 aromatic heterocycles. The average molecular weight is 388 g/mol. The second kappa shape index (κ2) is 7.92. The van der Waals surface area contributed by atoms with E-state index in [1.54, 1.807) is 24.3 Å². The first-order chi connectivity index (χ1) is 13.0. The maximum atomic E-state index is 12.1. The van der Waals surface area contributed by atoms with Crippen LogP contribution in [0, 0.1) is 0 Å². The van der Waals surface area contributed by atoms with Gasteiger partial charge in [0.05, 0.1) is 12.5 Å². The van der Waals surface area contributed by atoms with Gasteiger partial charge in [-0.25, -0.2) is 4.79 Å². The van der Waals surface area contributed by atoms with Crippen molar-refractivity contribution >= 4 is 40.1 Å². The van der Waals surface area contributed by atoms with Crippen molar-refractivity contribution in [3.8, 4) is 5.75 Å². The van der Waals surface area contributed by atoms with Crippen molar-refractivity contribution in [2.24, 2.45) is 0 Å². The maximum absolute atomic E-state index is 12.1. The Bertz CT molecular complexity index is 1080. The second-order valence-corrected chi connectivity index (χ2v) is 5.91. The fraction of sp³-hybridized carbons (Fsp3) is 0.105. The number of hydrogen-bond acceptors (Lipinski definition) is 6. The van der Waals surface area contributed by atoms with E-state index in [0.717, 1.165) is 6.07 Å². The summed E-state index contributed by atoms with van der Waals surface area (Å²) in [5.74, 6) is -1.21. The summed E-state index contributed by atoms with van der Waals surface area (Å²) in [4.78, 5) is 36.1. The zero-order valence-electron chi connectivity index (χ0n) is 14.2. The molecule has 0 spiro atoms. The number of rotatable bonds is 5. The van der Waals surface area contributed by atoms with Gasteiger partial charge in [0, 0.05) is 22.8 Å². The van der Waals surface area contributed by atoms with Crippen molar-refractivity contribution in [1.29, 1.82) is 0 Å². The van der Waals surface area contributed by atoms with Crippen LogP contribution >= 0.6 is 11.6 Å². The SMILES string of the molecule is COc1cccc(NC(=O)COC(=O)c2cc(=O)c3cc(Cl)ccc3o2)c1. The Balaban J connectivity index is 1.66. The van der Waals surface area contributed by atoms with Gasteiger partial charge in [-0.1, -0.05) is 17.7 Å². The minimum Gasteiger partial charge on any atom is -0.497 e. The molecule has 0 aliphatic carbocycles. The smallest absolute Gasteiger partial charge is 0.374 e. The minimum absolute atomic E-state index is 0.194. The number of halogens is 1. The number of fused-ring (bicyclic) bond motifs is 1. The molecule has 1 N–H and O–H groups in total. The summed E-state index contributed by atoms with van der Waals surface area (Å²) in [5.41, 5.74) is 0.246. The summed E-state index contributed by atoms with van der Waals surface area (Å²) in [5, 5.41) is 3.19. The van der Waals surface area contributed by atoms with Gasteiger partial charge >= 0.3 is 5.97 Å². The van der Waals surface area contributed by atoms with E-state index in [4.69, 9.17) is 25.5 Å². The average Bonchev–Trinajstić information content (AvgIpc) is 2.66. The molecule has 2 aromatic carbocycles. The van der Waals surface area contributed by atoms with Crippen molar-refractivity contribution in [2.45, 2.75) is 0 Å². The first kappa shape index (κ1) is 18.5. The normalized spacial score (nSPS) is 10.4. The largest absolute Gasteiger partial charge is 0.497 e. The maximum Gasteiger partial charge on any atom is 0.374 e. The molecule has 0 atom stereocenters. The van der Waals surface area contributed by atoms with Crippen LogP contribution < -0.4 is 15.5 Å². The van der Waals surface area contributed by atoms with E-state index in [2.05, 4.69) is 5.32 Å². The van der Waals surface area contributed by atoms with Gasteiger partial charge in [0.2, 0.25) is 5.76 Å². The van der Waals surface area contributed by atoms with Crippen LogP contribution in [0.25, 0.3) is 11.0 Å². The van der Waals surface area contributed by atoms with E-state index >= 15 is 0 Å². The van der Waals surface area contributed by atoms with Crippen molar-refractivity contribution in [1.82, 2.24) is 0 Å². The number of anilines is 1. The molecule has 0 fully saturated rings. The lowest BCUT2D eigenvalue weighted by Gasteiger charge is -2.08. The number of benzene rings is 2. The summed E-state index contributed by atoms with van der Waals surface area (Å²) in [6.07, 6.45) is 0. The monoisotopic (exact) mass is 387 g/mol. The number of carbonyl (C=O) groups excluding carboxylic acids is 2. The molecular weight excluding hydrogens is 374 g/mol. The highest BCUT2D eigenvalue weighted by molar-refractivity contribution is 6.31. The molecule has 0 aliphatic rings. The highest BCUT2D eigenvalue weighted by Crippen LogP contribution is 2.18. The Hall–Kier alpha value is -3.32. The molecule has 0 unspecified atom stereocenters. The van der Waals surface area contributed by atoms with Gasteiger partial charge < -0.3 is 19.2 Å². The van der Waals surface area contributed by atoms with Gasteiger partial charge in [-0.05, 0) is 30.3 Å². The molecule has 0 aliphatic heterocycles. The van der Waals surface area contributed by atoms with Crippen molar-refractivity contribution in [3.05, 3.63) is 69.5 Å². The van der Waals surface area contributed by atoms with Gasteiger partial charge in [0.25, 0.3) is 5.91 Å². The first-order valence-corrected chi connectivity index (χ1v) is 8.18. The second-order valence-electron chi connectivity index (χ2n) is 5.47. The van der Waals surface area contributed by atoms with Crippen molar-refractivity contribution in [2.75, 3.05) is 19.0 Å². The standard InChI is InChI=1S/C19H14ClNO6/c1-25-13-4-2-3-12(8-13)21-18(23)10-26-19(24)17-9-15(22)14-7-11(20)5-6-16(14)27-17/h2-9H,10H2,1H3,(H,21,23).